The van der Waals surface area contributed by atoms with E-state index in [0.29, 0.717) is 32.6 Å². The molecule has 2 aromatic carbocycles. The van der Waals surface area contributed by atoms with E-state index in [2.05, 4.69) is 10.6 Å². The highest BCUT2D eigenvalue weighted by Gasteiger charge is 2.27. The molecule has 2 N–H and O–H groups in total. The lowest BCUT2D eigenvalue weighted by Gasteiger charge is -2.15. The lowest BCUT2D eigenvalue weighted by Crippen LogP contribution is -2.19. The number of benzene rings is 2. The molecule has 1 heterocycles. The molecule has 30 heavy (non-hydrogen) atoms. The maximum atomic E-state index is 13.3. The van der Waals surface area contributed by atoms with Gasteiger partial charge in [0.15, 0.2) is 0 Å². The molecular formula is C23H21ClN2O3S. The van der Waals surface area contributed by atoms with Crippen LogP contribution in [0.5, 0.6) is 5.75 Å². The smallest absolute Gasteiger partial charge is 0.259 e. The average Bonchev–Trinajstić information content (AvgIpc) is 3.12. The standard InChI is InChI=1S/C23H21ClN2O3S/c1-29-18-12-11-15(24)13-17(18)25-22(28)20-16-9-5-6-10-19(16)30-23(20)26-21(27)14-7-3-2-4-8-14/h2-4,7-8,11-13H,5-6,9-10H2,1H3,(H,25,28)(H,26,27). The molecule has 1 aliphatic carbocycles. The Morgan fingerprint density at radius 3 is 2.53 bits per heavy atom. The first-order chi connectivity index (χ1) is 14.6. The summed E-state index contributed by atoms with van der Waals surface area (Å²) in [4.78, 5) is 27.2. The lowest BCUT2D eigenvalue weighted by atomic mass is 9.95. The van der Waals surface area contributed by atoms with Crippen LogP contribution in [0.15, 0.2) is 48.5 Å². The summed E-state index contributed by atoms with van der Waals surface area (Å²) in [5.74, 6) is 0.00799. The van der Waals surface area contributed by atoms with E-state index >= 15 is 0 Å². The maximum Gasteiger partial charge on any atom is 0.259 e. The summed E-state index contributed by atoms with van der Waals surface area (Å²) in [6.45, 7) is 0. The third-order valence-corrected chi connectivity index (χ3v) is 6.51. The van der Waals surface area contributed by atoms with E-state index < -0.39 is 0 Å². The number of halogens is 1. The van der Waals surface area contributed by atoms with Crippen molar-refractivity contribution in [2.75, 3.05) is 17.7 Å². The highest BCUT2D eigenvalue weighted by atomic mass is 35.5. The number of anilines is 2. The van der Waals surface area contributed by atoms with Gasteiger partial charge in [0.25, 0.3) is 11.8 Å². The van der Waals surface area contributed by atoms with Crippen LogP contribution >= 0.6 is 22.9 Å². The Bertz CT molecular complexity index is 1100. The summed E-state index contributed by atoms with van der Waals surface area (Å²) in [6, 6.07) is 14.0. The molecule has 0 atom stereocenters. The van der Waals surface area contributed by atoms with E-state index in [1.165, 1.54) is 18.4 Å². The molecule has 0 fully saturated rings. The topological polar surface area (TPSA) is 67.4 Å². The number of fused-ring (bicyclic) bond motifs is 1. The zero-order valence-electron chi connectivity index (χ0n) is 16.5. The van der Waals surface area contributed by atoms with Gasteiger partial charge < -0.3 is 15.4 Å². The Labute approximate surface area is 184 Å². The molecule has 3 aromatic rings. The van der Waals surface area contributed by atoms with Gasteiger partial charge in [-0.1, -0.05) is 29.8 Å². The van der Waals surface area contributed by atoms with E-state index in [1.807, 2.05) is 18.2 Å². The predicted octanol–water partition coefficient (Wildman–Crippen LogP) is 5.79. The lowest BCUT2D eigenvalue weighted by molar-refractivity contribution is 0.102. The van der Waals surface area contributed by atoms with Crippen molar-refractivity contribution in [1.29, 1.82) is 0 Å². The number of ether oxygens (including phenoxy) is 1. The molecule has 5 nitrogen and oxygen atoms in total. The van der Waals surface area contributed by atoms with Gasteiger partial charge in [-0.05, 0) is 61.6 Å². The van der Waals surface area contributed by atoms with E-state index in [0.717, 1.165) is 36.1 Å². The number of thiophene rings is 1. The summed E-state index contributed by atoms with van der Waals surface area (Å²) in [7, 11) is 1.54. The number of amides is 2. The molecule has 0 unspecified atom stereocenters. The van der Waals surface area contributed by atoms with Gasteiger partial charge in [0.2, 0.25) is 0 Å². The maximum absolute atomic E-state index is 13.3. The van der Waals surface area contributed by atoms with Crippen LogP contribution in [0.1, 0.15) is 44.0 Å². The van der Waals surface area contributed by atoms with Gasteiger partial charge in [0.1, 0.15) is 10.8 Å². The molecule has 7 heteroatoms. The van der Waals surface area contributed by atoms with Crippen molar-refractivity contribution < 1.29 is 14.3 Å². The molecule has 154 valence electrons. The zero-order chi connectivity index (χ0) is 21.1. The Morgan fingerprint density at radius 2 is 1.77 bits per heavy atom. The Balaban J connectivity index is 1.68. The molecule has 0 bridgehead atoms. The first kappa shape index (κ1) is 20.4. The van der Waals surface area contributed by atoms with Crippen molar-refractivity contribution in [2.24, 2.45) is 0 Å². The Hall–Kier alpha value is -2.83. The average molecular weight is 441 g/mol. The largest absolute Gasteiger partial charge is 0.495 e. The number of hydrogen-bond acceptors (Lipinski definition) is 4. The second-order valence-electron chi connectivity index (χ2n) is 7.03. The quantitative estimate of drug-likeness (QED) is 0.527. The van der Waals surface area contributed by atoms with E-state index in [9.17, 15) is 9.59 Å². The molecule has 0 aliphatic heterocycles. The summed E-state index contributed by atoms with van der Waals surface area (Å²) in [5.41, 5.74) is 2.59. The number of methoxy groups -OCH3 is 1. The highest BCUT2D eigenvalue weighted by Crippen LogP contribution is 2.39. The van der Waals surface area contributed by atoms with Crippen molar-refractivity contribution in [2.45, 2.75) is 25.7 Å². The first-order valence-electron chi connectivity index (χ1n) is 9.72. The molecule has 0 spiro atoms. The summed E-state index contributed by atoms with van der Waals surface area (Å²) in [5, 5.41) is 6.94. The van der Waals surface area contributed by atoms with Crippen molar-refractivity contribution in [3.05, 3.63) is 75.1 Å². The van der Waals surface area contributed by atoms with Crippen LogP contribution < -0.4 is 15.4 Å². The normalized spacial score (nSPS) is 12.7. The van der Waals surface area contributed by atoms with Gasteiger partial charge in [-0.25, -0.2) is 0 Å². The van der Waals surface area contributed by atoms with Crippen molar-refractivity contribution in [1.82, 2.24) is 0 Å². The SMILES string of the molecule is COc1ccc(Cl)cc1NC(=O)c1c(NC(=O)c2ccccc2)sc2c1CCCC2. The molecule has 0 saturated heterocycles. The second kappa shape index (κ2) is 8.90. The molecule has 0 radical (unpaired) electrons. The fourth-order valence-electron chi connectivity index (χ4n) is 3.62. The number of hydrogen-bond donors (Lipinski definition) is 2. The molecule has 4 rings (SSSR count). The summed E-state index contributed by atoms with van der Waals surface area (Å²) in [6.07, 6.45) is 3.85. The van der Waals surface area contributed by atoms with Crippen molar-refractivity contribution in [3.8, 4) is 5.75 Å². The summed E-state index contributed by atoms with van der Waals surface area (Å²) >= 11 is 7.59. The minimum Gasteiger partial charge on any atom is -0.495 e. The predicted molar refractivity (Wildman–Crippen MR) is 121 cm³/mol. The van der Waals surface area contributed by atoms with Gasteiger partial charge in [0, 0.05) is 15.5 Å². The van der Waals surface area contributed by atoms with Crippen LogP contribution in [0, 0.1) is 0 Å². The van der Waals surface area contributed by atoms with E-state index in [-0.39, 0.29) is 11.8 Å². The van der Waals surface area contributed by atoms with Crippen molar-refractivity contribution in [3.63, 3.8) is 0 Å². The Morgan fingerprint density at radius 1 is 1.00 bits per heavy atom. The first-order valence-corrected chi connectivity index (χ1v) is 10.9. The number of carbonyl (C=O) groups excluding carboxylic acids is 2. The molecule has 0 saturated carbocycles. The molecule has 1 aliphatic rings. The number of aryl methyl sites for hydroxylation is 1. The zero-order valence-corrected chi connectivity index (χ0v) is 18.0. The third-order valence-electron chi connectivity index (χ3n) is 5.07. The van der Waals surface area contributed by atoms with Crippen LogP contribution in [-0.2, 0) is 12.8 Å². The second-order valence-corrected chi connectivity index (χ2v) is 8.58. The monoisotopic (exact) mass is 440 g/mol. The van der Waals surface area contributed by atoms with Crippen LogP contribution in [0.25, 0.3) is 0 Å². The molecule has 2 amide bonds. The minimum absolute atomic E-state index is 0.233. The van der Waals surface area contributed by atoms with Crippen LogP contribution in [0.3, 0.4) is 0 Å². The van der Waals surface area contributed by atoms with Gasteiger partial charge >= 0.3 is 0 Å². The fraction of sp³-hybridized carbons (Fsp3) is 0.217. The summed E-state index contributed by atoms with van der Waals surface area (Å²) < 4.78 is 5.34. The van der Waals surface area contributed by atoms with E-state index in [1.54, 1.807) is 30.3 Å². The Kier molecular flexibility index (Phi) is 6.06. The van der Waals surface area contributed by atoms with Gasteiger partial charge in [-0.2, -0.15) is 0 Å². The van der Waals surface area contributed by atoms with Gasteiger partial charge in [0.05, 0.1) is 18.4 Å². The van der Waals surface area contributed by atoms with Crippen LogP contribution in [0.2, 0.25) is 5.02 Å². The molecular weight excluding hydrogens is 420 g/mol. The number of rotatable bonds is 5. The molecule has 1 aromatic heterocycles. The minimum atomic E-state index is -0.279. The number of nitrogens with one attached hydrogen (secondary N) is 2. The van der Waals surface area contributed by atoms with Gasteiger partial charge in [-0.15, -0.1) is 11.3 Å². The highest BCUT2D eigenvalue weighted by molar-refractivity contribution is 7.17. The number of carbonyl (C=O) groups is 2. The van der Waals surface area contributed by atoms with Crippen LogP contribution in [-0.4, -0.2) is 18.9 Å². The van der Waals surface area contributed by atoms with Crippen molar-refractivity contribution >= 4 is 45.4 Å². The van der Waals surface area contributed by atoms with Gasteiger partial charge in [-0.3, -0.25) is 9.59 Å². The third kappa shape index (κ3) is 4.20. The fourth-order valence-corrected chi connectivity index (χ4v) is 5.08. The van der Waals surface area contributed by atoms with Crippen LogP contribution in [0.4, 0.5) is 10.7 Å². The van der Waals surface area contributed by atoms with E-state index in [4.69, 9.17) is 16.3 Å².